The lowest BCUT2D eigenvalue weighted by atomic mass is 10.1. The second-order valence-corrected chi connectivity index (χ2v) is 5.41. The molecule has 0 spiro atoms. The van der Waals surface area contributed by atoms with E-state index in [1.54, 1.807) is 6.33 Å². The largest absolute Gasteiger partial charge is 0.348 e. The minimum absolute atomic E-state index is 0.0105. The highest BCUT2D eigenvalue weighted by Gasteiger charge is 2.28. The molecule has 1 aliphatic heterocycles. The SMILES string of the molecule is CC1CN(C)CC1NC(=O)c1ccc2nc[nH]c2c1. The van der Waals surface area contributed by atoms with Gasteiger partial charge in [0.15, 0.2) is 0 Å². The zero-order chi connectivity index (χ0) is 13.4. The van der Waals surface area contributed by atoms with E-state index < -0.39 is 0 Å². The van der Waals surface area contributed by atoms with Crippen molar-refractivity contribution in [2.45, 2.75) is 13.0 Å². The van der Waals surface area contributed by atoms with Crippen LogP contribution in [-0.4, -0.2) is 47.0 Å². The molecule has 2 heterocycles. The summed E-state index contributed by atoms with van der Waals surface area (Å²) >= 11 is 0. The lowest BCUT2D eigenvalue weighted by Gasteiger charge is -2.16. The molecule has 1 fully saturated rings. The first-order valence-electron chi connectivity index (χ1n) is 6.56. The zero-order valence-electron chi connectivity index (χ0n) is 11.2. The van der Waals surface area contributed by atoms with Crippen molar-refractivity contribution >= 4 is 16.9 Å². The fourth-order valence-corrected chi connectivity index (χ4v) is 2.73. The van der Waals surface area contributed by atoms with Crippen LogP contribution in [0.4, 0.5) is 0 Å². The van der Waals surface area contributed by atoms with Gasteiger partial charge in [0.05, 0.1) is 17.4 Å². The lowest BCUT2D eigenvalue weighted by molar-refractivity contribution is 0.0932. The Morgan fingerprint density at radius 2 is 2.32 bits per heavy atom. The molecular weight excluding hydrogens is 240 g/mol. The zero-order valence-corrected chi connectivity index (χ0v) is 11.2. The fraction of sp³-hybridized carbons (Fsp3) is 0.429. The lowest BCUT2D eigenvalue weighted by Crippen LogP contribution is -2.39. The smallest absolute Gasteiger partial charge is 0.251 e. The number of fused-ring (bicyclic) bond motifs is 1. The maximum absolute atomic E-state index is 12.3. The van der Waals surface area contributed by atoms with Crippen LogP contribution >= 0.6 is 0 Å². The number of aromatic amines is 1. The van der Waals surface area contributed by atoms with E-state index >= 15 is 0 Å². The third-order valence-electron chi connectivity index (χ3n) is 3.79. The van der Waals surface area contributed by atoms with E-state index in [4.69, 9.17) is 0 Å². The van der Waals surface area contributed by atoms with E-state index in [0.717, 1.165) is 24.1 Å². The molecule has 1 amide bonds. The highest BCUT2D eigenvalue weighted by molar-refractivity contribution is 5.97. The van der Waals surface area contributed by atoms with Crippen molar-refractivity contribution in [3.05, 3.63) is 30.1 Å². The summed E-state index contributed by atoms with van der Waals surface area (Å²) in [5, 5.41) is 3.12. The van der Waals surface area contributed by atoms with Crippen LogP contribution in [0.2, 0.25) is 0 Å². The van der Waals surface area contributed by atoms with Crippen molar-refractivity contribution in [1.82, 2.24) is 20.2 Å². The van der Waals surface area contributed by atoms with Crippen LogP contribution in [0.5, 0.6) is 0 Å². The monoisotopic (exact) mass is 258 g/mol. The Morgan fingerprint density at radius 1 is 1.47 bits per heavy atom. The number of aromatic nitrogens is 2. The number of amides is 1. The number of benzene rings is 1. The minimum Gasteiger partial charge on any atom is -0.348 e. The Kier molecular flexibility index (Phi) is 2.98. The minimum atomic E-state index is -0.0105. The number of carbonyl (C=O) groups excluding carboxylic acids is 1. The molecule has 0 aliphatic carbocycles. The second-order valence-electron chi connectivity index (χ2n) is 5.41. The van der Waals surface area contributed by atoms with Crippen LogP contribution in [0.1, 0.15) is 17.3 Å². The van der Waals surface area contributed by atoms with Crippen LogP contribution in [0.3, 0.4) is 0 Å². The molecule has 2 N–H and O–H groups in total. The molecule has 19 heavy (non-hydrogen) atoms. The van der Waals surface area contributed by atoms with Crippen LogP contribution in [0.15, 0.2) is 24.5 Å². The molecule has 0 bridgehead atoms. The molecule has 0 saturated carbocycles. The Bertz CT molecular complexity index is 606. The number of hydrogen-bond donors (Lipinski definition) is 2. The van der Waals surface area contributed by atoms with Gasteiger partial charge in [-0.05, 0) is 31.2 Å². The van der Waals surface area contributed by atoms with Crippen molar-refractivity contribution in [1.29, 1.82) is 0 Å². The third-order valence-corrected chi connectivity index (χ3v) is 3.79. The van der Waals surface area contributed by atoms with E-state index in [9.17, 15) is 4.79 Å². The van der Waals surface area contributed by atoms with Gasteiger partial charge in [0.1, 0.15) is 0 Å². The Labute approximate surface area is 112 Å². The first-order chi connectivity index (χ1) is 9.13. The van der Waals surface area contributed by atoms with Crippen molar-refractivity contribution < 1.29 is 4.79 Å². The predicted molar refractivity (Wildman–Crippen MR) is 74.0 cm³/mol. The molecular formula is C14H18N4O. The van der Waals surface area contributed by atoms with Gasteiger partial charge < -0.3 is 15.2 Å². The van der Waals surface area contributed by atoms with Gasteiger partial charge in [-0.2, -0.15) is 0 Å². The maximum atomic E-state index is 12.3. The molecule has 5 heteroatoms. The van der Waals surface area contributed by atoms with Gasteiger partial charge in [0.25, 0.3) is 5.91 Å². The number of nitrogens with one attached hydrogen (secondary N) is 2. The number of rotatable bonds is 2. The maximum Gasteiger partial charge on any atom is 0.251 e. The van der Waals surface area contributed by atoms with Crippen molar-refractivity contribution in [3.8, 4) is 0 Å². The van der Waals surface area contributed by atoms with E-state index in [-0.39, 0.29) is 11.9 Å². The molecule has 0 radical (unpaired) electrons. The Balaban J connectivity index is 1.76. The van der Waals surface area contributed by atoms with Gasteiger partial charge in [-0.1, -0.05) is 6.92 Å². The van der Waals surface area contributed by atoms with Gasteiger partial charge in [0, 0.05) is 24.7 Å². The molecule has 2 atom stereocenters. The summed E-state index contributed by atoms with van der Waals surface area (Å²) in [5.74, 6) is 0.480. The Morgan fingerprint density at radius 3 is 3.05 bits per heavy atom. The summed E-state index contributed by atoms with van der Waals surface area (Å²) in [6.45, 7) is 4.12. The van der Waals surface area contributed by atoms with E-state index in [1.165, 1.54) is 0 Å². The highest BCUT2D eigenvalue weighted by atomic mass is 16.1. The summed E-state index contributed by atoms with van der Waals surface area (Å²) < 4.78 is 0. The molecule has 5 nitrogen and oxygen atoms in total. The normalized spacial score (nSPS) is 23.9. The highest BCUT2D eigenvalue weighted by Crippen LogP contribution is 2.16. The quantitative estimate of drug-likeness (QED) is 0.852. The van der Waals surface area contributed by atoms with E-state index in [0.29, 0.717) is 11.5 Å². The average molecular weight is 258 g/mol. The van der Waals surface area contributed by atoms with Gasteiger partial charge >= 0.3 is 0 Å². The standard InChI is InChI=1S/C14H18N4O/c1-9-6-18(2)7-13(9)17-14(19)10-3-4-11-12(5-10)16-8-15-11/h3-5,8-9,13H,6-7H2,1-2H3,(H,15,16)(H,17,19). The topological polar surface area (TPSA) is 61.0 Å². The number of imidazole rings is 1. The van der Waals surface area contributed by atoms with Crippen molar-refractivity contribution in [2.24, 2.45) is 5.92 Å². The van der Waals surface area contributed by atoms with Gasteiger partial charge in [-0.3, -0.25) is 4.79 Å². The van der Waals surface area contributed by atoms with Gasteiger partial charge in [-0.15, -0.1) is 0 Å². The summed E-state index contributed by atoms with van der Waals surface area (Å²) in [4.78, 5) is 21.7. The number of hydrogen-bond acceptors (Lipinski definition) is 3. The van der Waals surface area contributed by atoms with Crippen LogP contribution in [-0.2, 0) is 0 Å². The van der Waals surface area contributed by atoms with Crippen LogP contribution < -0.4 is 5.32 Å². The molecule has 2 unspecified atom stereocenters. The third kappa shape index (κ3) is 2.33. The number of nitrogens with zero attached hydrogens (tertiary/aromatic N) is 2. The van der Waals surface area contributed by atoms with Crippen molar-refractivity contribution in [2.75, 3.05) is 20.1 Å². The van der Waals surface area contributed by atoms with E-state index in [1.807, 2.05) is 18.2 Å². The van der Waals surface area contributed by atoms with Gasteiger partial charge in [0.2, 0.25) is 0 Å². The fourth-order valence-electron chi connectivity index (χ4n) is 2.73. The molecule has 1 aromatic carbocycles. The van der Waals surface area contributed by atoms with Gasteiger partial charge in [-0.25, -0.2) is 4.98 Å². The molecule has 2 aromatic rings. The first kappa shape index (κ1) is 12.2. The molecule has 100 valence electrons. The number of carbonyl (C=O) groups is 1. The summed E-state index contributed by atoms with van der Waals surface area (Å²) in [6.07, 6.45) is 1.64. The average Bonchev–Trinajstić information content (AvgIpc) is 2.95. The summed E-state index contributed by atoms with van der Waals surface area (Å²) in [6, 6.07) is 5.77. The number of H-pyrrole nitrogens is 1. The Hall–Kier alpha value is -1.88. The molecule has 1 aliphatic rings. The second kappa shape index (κ2) is 4.66. The molecule has 1 aromatic heterocycles. The number of likely N-dealkylation sites (N-methyl/N-ethyl adjacent to an activating group) is 1. The predicted octanol–water partition coefficient (Wildman–Crippen LogP) is 1.24. The van der Waals surface area contributed by atoms with E-state index in [2.05, 4.69) is 34.2 Å². The molecule has 1 saturated heterocycles. The summed E-state index contributed by atoms with van der Waals surface area (Å²) in [7, 11) is 2.08. The van der Waals surface area contributed by atoms with Crippen molar-refractivity contribution in [3.63, 3.8) is 0 Å². The van der Waals surface area contributed by atoms with Crippen LogP contribution in [0.25, 0.3) is 11.0 Å². The van der Waals surface area contributed by atoms with Crippen LogP contribution in [0, 0.1) is 5.92 Å². The number of likely N-dealkylation sites (tertiary alicyclic amines) is 1. The first-order valence-corrected chi connectivity index (χ1v) is 6.56. The molecule has 3 rings (SSSR count). The summed E-state index contributed by atoms with van der Waals surface area (Å²) in [5.41, 5.74) is 2.45.